The summed E-state index contributed by atoms with van der Waals surface area (Å²) in [5.74, 6) is 0.808. The predicted molar refractivity (Wildman–Crippen MR) is 74.5 cm³/mol. The highest BCUT2D eigenvalue weighted by Crippen LogP contribution is 2.21. The first-order valence-electron chi connectivity index (χ1n) is 6.59. The summed E-state index contributed by atoms with van der Waals surface area (Å²) < 4.78 is 16.0. The highest BCUT2D eigenvalue weighted by atomic mass is 19.1. The van der Waals surface area contributed by atoms with Crippen molar-refractivity contribution in [1.82, 2.24) is 14.9 Å². The van der Waals surface area contributed by atoms with Crippen LogP contribution < -0.4 is 5.32 Å². The molecule has 1 N–H and O–H groups in total. The van der Waals surface area contributed by atoms with Gasteiger partial charge in [-0.1, -0.05) is 17.7 Å². The van der Waals surface area contributed by atoms with Crippen LogP contribution in [-0.4, -0.2) is 16.6 Å². The molecule has 0 aliphatic heterocycles. The maximum absolute atomic E-state index is 14.0. The highest BCUT2D eigenvalue weighted by Gasteiger charge is 2.17. The molecular formula is C15H20FN3. The Balaban J connectivity index is 2.27. The summed E-state index contributed by atoms with van der Waals surface area (Å²) in [7, 11) is 1.85. The maximum atomic E-state index is 14.0. The largest absolute Gasteiger partial charge is 0.335 e. The van der Waals surface area contributed by atoms with Crippen LogP contribution in [0, 0.1) is 12.7 Å². The fraction of sp³-hybridized carbons (Fsp3) is 0.400. The molecule has 102 valence electrons. The molecule has 3 nitrogen and oxygen atoms in total. The number of hydrogen-bond acceptors (Lipinski definition) is 2. The summed E-state index contributed by atoms with van der Waals surface area (Å²) >= 11 is 0. The zero-order valence-corrected chi connectivity index (χ0v) is 11.7. The molecular weight excluding hydrogens is 241 g/mol. The summed E-state index contributed by atoms with van der Waals surface area (Å²) in [6.45, 7) is 4.93. The van der Waals surface area contributed by atoms with Crippen molar-refractivity contribution >= 4 is 0 Å². The summed E-state index contributed by atoms with van der Waals surface area (Å²) in [6, 6.07) is 5.16. The number of halogens is 1. The van der Waals surface area contributed by atoms with Crippen LogP contribution in [0.15, 0.2) is 30.6 Å². The Morgan fingerprint density at radius 2 is 2.21 bits per heavy atom. The van der Waals surface area contributed by atoms with Gasteiger partial charge in [0, 0.05) is 37.0 Å². The van der Waals surface area contributed by atoms with Gasteiger partial charge in [-0.2, -0.15) is 0 Å². The third-order valence-corrected chi connectivity index (χ3v) is 3.40. The molecule has 0 spiro atoms. The highest BCUT2D eigenvalue weighted by molar-refractivity contribution is 5.27. The van der Waals surface area contributed by atoms with Crippen molar-refractivity contribution in [2.24, 2.45) is 0 Å². The van der Waals surface area contributed by atoms with E-state index in [-0.39, 0.29) is 11.9 Å². The SMILES string of the molecule is CCn1ccnc1CC(NC)c1cc(C)ccc1F. The predicted octanol–water partition coefficient (Wildman–Crippen LogP) is 2.85. The third-order valence-electron chi connectivity index (χ3n) is 3.40. The van der Waals surface area contributed by atoms with Gasteiger partial charge < -0.3 is 9.88 Å². The van der Waals surface area contributed by atoms with Crippen LogP contribution in [0.1, 0.15) is 29.9 Å². The summed E-state index contributed by atoms with van der Waals surface area (Å²) in [6.07, 6.45) is 4.42. The number of benzene rings is 1. The summed E-state index contributed by atoms with van der Waals surface area (Å²) in [4.78, 5) is 4.35. The van der Waals surface area contributed by atoms with Crippen LogP contribution in [0.4, 0.5) is 4.39 Å². The lowest BCUT2D eigenvalue weighted by Gasteiger charge is -2.18. The average Bonchev–Trinajstić information content (AvgIpc) is 2.86. The minimum Gasteiger partial charge on any atom is -0.335 e. The van der Waals surface area contributed by atoms with E-state index in [2.05, 4.69) is 21.8 Å². The molecule has 2 rings (SSSR count). The topological polar surface area (TPSA) is 29.9 Å². The number of likely N-dealkylation sites (N-methyl/N-ethyl adjacent to an activating group) is 1. The zero-order valence-electron chi connectivity index (χ0n) is 11.7. The molecule has 0 amide bonds. The van der Waals surface area contributed by atoms with Gasteiger partial charge in [0.15, 0.2) is 0 Å². The van der Waals surface area contributed by atoms with Crippen molar-refractivity contribution < 1.29 is 4.39 Å². The number of nitrogens with zero attached hydrogens (tertiary/aromatic N) is 2. The van der Waals surface area contributed by atoms with E-state index in [1.165, 1.54) is 6.07 Å². The Morgan fingerprint density at radius 1 is 1.42 bits per heavy atom. The van der Waals surface area contributed by atoms with Crippen molar-refractivity contribution in [3.8, 4) is 0 Å². The fourth-order valence-electron chi connectivity index (χ4n) is 2.30. The third kappa shape index (κ3) is 3.01. The Kier molecular flexibility index (Phi) is 4.32. The van der Waals surface area contributed by atoms with E-state index in [1.54, 1.807) is 12.3 Å². The number of nitrogens with one attached hydrogen (secondary N) is 1. The summed E-state index contributed by atoms with van der Waals surface area (Å²) in [5, 5.41) is 3.18. The maximum Gasteiger partial charge on any atom is 0.128 e. The molecule has 0 saturated carbocycles. The van der Waals surface area contributed by atoms with Crippen molar-refractivity contribution in [2.45, 2.75) is 32.9 Å². The van der Waals surface area contributed by atoms with Crippen molar-refractivity contribution in [3.05, 3.63) is 53.4 Å². The van der Waals surface area contributed by atoms with Gasteiger partial charge >= 0.3 is 0 Å². The fourth-order valence-corrected chi connectivity index (χ4v) is 2.30. The van der Waals surface area contributed by atoms with E-state index in [0.717, 1.165) is 17.9 Å². The number of imidazole rings is 1. The van der Waals surface area contributed by atoms with Crippen LogP contribution in [-0.2, 0) is 13.0 Å². The summed E-state index contributed by atoms with van der Waals surface area (Å²) in [5.41, 5.74) is 1.77. The van der Waals surface area contributed by atoms with Gasteiger partial charge in [0.2, 0.25) is 0 Å². The molecule has 0 aliphatic carbocycles. The van der Waals surface area contributed by atoms with Crippen LogP contribution in [0.25, 0.3) is 0 Å². The second kappa shape index (κ2) is 5.97. The molecule has 0 aliphatic rings. The van der Waals surface area contributed by atoms with Crippen molar-refractivity contribution in [2.75, 3.05) is 7.05 Å². The van der Waals surface area contributed by atoms with E-state index in [4.69, 9.17) is 0 Å². The first-order chi connectivity index (χ1) is 9.15. The normalized spacial score (nSPS) is 12.6. The molecule has 1 heterocycles. The van der Waals surface area contributed by atoms with Gasteiger partial charge in [0.05, 0.1) is 0 Å². The van der Waals surface area contributed by atoms with Gasteiger partial charge in [0.1, 0.15) is 11.6 Å². The van der Waals surface area contributed by atoms with E-state index in [0.29, 0.717) is 12.0 Å². The first-order valence-corrected chi connectivity index (χ1v) is 6.59. The molecule has 1 unspecified atom stereocenters. The molecule has 2 aromatic rings. The molecule has 0 radical (unpaired) electrons. The smallest absolute Gasteiger partial charge is 0.128 e. The average molecular weight is 261 g/mol. The van der Waals surface area contributed by atoms with Crippen LogP contribution in [0.3, 0.4) is 0 Å². The van der Waals surface area contributed by atoms with E-state index in [1.807, 2.05) is 26.2 Å². The Hall–Kier alpha value is -1.68. The van der Waals surface area contributed by atoms with Gasteiger partial charge in [-0.25, -0.2) is 9.37 Å². The van der Waals surface area contributed by atoms with E-state index >= 15 is 0 Å². The van der Waals surface area contributed by atoms with Crippen molar-refractivity contribution in [1.29, 1.82) is 0 Å². The number of aryl methyl sites for hydroxylation is 2. The number of rotatable bonds is 5. The standard InChI is InChI=1S/C15H20FN3/c1-4-19-8-7-18-15(19)10-14(17-3)12-9-11(2)5-6-13(12)16/h5-9,14,17H,4,10H2,1-3H3. The molecule has 4 heteroatoms. The molecule has 1 aromatic heterocycles. The number of aromatic nitrogens is 2. The minimum absolute atomic E-state index is 0.0624. The molecule has 1 atom stereocenters. The lowest BCUT2D eigenvalue weighted by atomic mass is 10.0. The second-order valence-corrected chi connectivity index (χ2v) is 4.70. The zero-order chi connectivity index (χ0) is 13.8. The lowest BCUT2D eigenvalue weighted by molar-refractivity contribution is 0.514. The Morgan fingerprint density at radius 3 is 2.89 bits per heavy atom. The Labute approximate surface area is 113 Å². The quantitative estimate of drug-likeness (QED) is 0.897. The Bertz CT molecular complexity index is 548. The minimum atomic E-state index is -0.167. The van der Waals surface area contributed by atoms with Crippen molar-refractivity contribution in [3.63, 3.8) is 0 Å². The van der Waals surface area contributed by atoms with E-state index in [9.17, 15) is 4.39 Å². The van der Waals surface area contributed by atoms with Gasteiger partial charge in [-0.15, -0.1) is 0 Å². The molecule has 19 heavy (non-hydrogen) atoms. The van der Waals surface area contributed by atoms with Gasteiger partial charge in [-0.3, -0.25) is 0 Å². The number of hydrogen-bond donors (Lipinski definition) is 1. The van der Waals surface area contributed by atoms with Crippen LogP contribution >= 0.6 is 0 Å². The molecule has 0 fully saturated rings. The first kappa shape index (κ1) is 13.7. The van der Waals surface area contributed by atoms with Gasteiger partial charge in [0.25, 0.3) is 0 Å². The lowest BCUT2D eigenvalue weighted by Crippen LogP contribution is -2.22. The molecule has 1 aromatic carbocycles. The monoisotopic (exact) mass is 261 g/mol. The van der Waals surface area contributed by atoms with Gasteiger partial charge in [-0.05, 0) is 27.0 Å². The molecule has 0 bridgehead atoms. The second-order valence-electron chi connectivity index (χ2n) is 4.70. The van der Waals surface area contributed by atoms with Crippen LogP contribution in [0.5, 0.6) is 0 Å². The molecule has 0 saturated heterocycles. The van der Waals surface area contributed by atoms with Crippen LogP contribution in [0.2, 0.25) is 0 Å². The van der Waals surface area contributed by atoms with E-state index < -0.39 is 0 Å².